The standard InChI is InChI=1S/C23H25FN8O/c1-15(20-11-18(24)2-3-21(20)32-28-8-9-29-32)33-22-10-16(12-27-23(22)25)17-13-30-31(14-17)19-4-6-26-7-5-19/h2-3,8-15,19,26H,4-7H2,1H3,(H2,25,27)/t15-/m1/s1. The van der Waals surface area contributed by atoms with Crippen LogP contribution in [0.1, 0.15) is 37.5 Å². The highest BCUT2D eigenvalue weighted by molar-refractivity contribution is 5.66. The third-order valence-corrected chi connectivity index (χ3v) is 5.86. The first-order valence-corrected chi connectivity index (χ1v) is 10.9. The van der Waals surface area contributed by atoms with Gasteiger partial charge in [-0.2, -0.15) is 20.1 Å². The van der Waals surface area contributed by atoms with E-state index in [-0.39, 0.29) is 11.6 Å². The van der Waals surface area contributed by atoms with E-state index in [1.165, 1.54) is 16.9 Å². The highest BCUT2D eigenvalue weighted by Crippen LogP contribution is 2.33. The molecule has 10 heteroatoms. The zero-order chi connectivity index (χ0) is 22.8. The van der Waals surface area contributed by atoms with Crippen LogP contribution in [0.4, 0.5) is 10.2 Å². The first kappa shape index (κ1) is 21.1. The molecule has 0 amide bonds. The number of hydrogen-bond donors (Lipinski definition) is 2. The molecule has 0 unspecified atom stereocenters. The molecule has 0 bridgehead atoms. The first-order chi connectivity index (χ1) is 16.1. The fourth-order valence-corrected chi connectivity index (χ4v) is 4.09. The average molecular weight is 449 g/mol. The van der Waals surface area contributed by atoms with Gasteiger partial charge in [0.15, 0.2) is 11.6 Å². The Morgan fingerprint density at radius 2 is 1.88 bits per heavy atom. The number of pyridine rings is 1. The van der Waals surface area contributed by atoms with Crippen molar-refractivity contribution < 1.29 is 9.13 Å². The van der Waals surface area contributed by atoms with E-state index in [4.69, 9.17) is 10.5 Å². The second-order valence-corrected chi connectivity index (χ2v) is 8.08. The Bertz CT molecular complexity index is 1230. The van der Waals surface area contributed by atoms with Gasteiger partial charge in [0.05, 0.1) is 30.3 Å². The summed E-state index contributed by atoms with van der Waals surface area (Å²) < 4.78 is 22.2. The molecule has 1 saturated heterocycles. The highest BCUT2D eigenvalue weighted by Gasteiger charge is 2.19. The lowest BCUT2D eigenvalue weighted by atomic mass is 10.1. The number of rotatable bonds is 6. The zero-order valence-electron chi connectivity index (χ0n) is 18.2. The Balaban J connectivity index is 1.41. The van der Waals surface area contributed by atoms with Gasteiger partial charge in [-0.3, -0.25) is 4.68 Å². The lowest BCUT2D eigenvalue weighted by Crippen LogP contribution is -2.29. The van der Waals surface area contributed by atoms with Crippen LogP contribution in [0.25, 0.3) is 16.8 Å². The minimum Gasteiger partial charge on any atom is -0.482 e. The van der Waals surface area contributed by atoms with E-state index >= 15 is 0 Å². The van der Waals surface area contributed by atoms with Gasteiger partial charge in [-0.25, -0.2) is 9.37 Å². The van der Waals surface area contributed by atoms with Crippen molar-refractivity contribution in [3.05, 3.63) is 66.6 Å². The molecule has 1 aliphatic rings. The van der Waals surface area contributed by atoms with E-state index in [2.05, 4.69) is 25.6 Å². The van der Waals surface area contributed by atoms with Crippen LogP contribution in [0, 0.1) is 5.82 Å². The molecule has 1 aliphatic heterocycles. The van der Waals surface area contributed by atoms with Crippen LogP contribution in [0.2, 0.25) is 0 Å². The fourth-order valence-electron chi connectivity index (χ4n) is 4.09. The van der Waals surface area contributed by atoms with Crippen LogP contribution in [0.3, 0.4) is 0 Å². The van der Waals surface area contributed by atoms with Gasteiger partial charge >= 0.3 is 0 Å². The van der Waals surface area contributed by atoms with Crippen molar-refractivity contribution in [3.63, 3.8) is 0 Å². The number of anilines is 1. The Hall–Kier alpha value is -3.79. The second kappa shape index (κ2) is 8.99. The number of nitrogens with zero attached hydrogens (tertiary/aromatic N) is 6. The number of benzene rings is 1. The molecule has 33 heavy (non-hydrogen) atoms. The smallest absolute Gasteiger partial charge is 0.166 e. The number of nitrogens with two attached hydrogens (primary N) is 1. The number of hydrogen-bond acceptors (Lipinski definition) is 7. The molecule has 1 aromatic carbocycles. The summed E-state index contributed by atoms with van der Waals surface area (Å²) in [5.41, 5.74) is 9.11. The Morgan fingerprint density at radius 3 is 2.67 bits per heavy atom. The van der Waals surface area contributed by atoms with Crippen LogP contribution < -0.4 is 15.8 Å². The van der Waals surface area contributed by atoms with Crippen molar-refractivity contribution in [3.8, 4) is 22.6 Å². The molecule has 170 valence electrons. The van der Waals surface area contributed by atoms with E-state index in [1.54, 1.807) is 24.7 Å². The summed E-state index contributed by atoms with van der Waals surface area (Å²) in [4.78, 5) is 5.75. The van der Waals surface area contributed by atoms with Crippen LogP contribution in [0.5, 0.6) is 5.75 Å². The van der Waals surface area contributed by atoms with Gasteiger partial charge in [0, 0.05) is 29.1 Å². The third-order valence-electron chi connectivity index (χ3n) is 5.86. The van der Waals surface area contributed by atoms with Gasteiger partial charge in [0.25, 0.3) is 0 Å². The van der Waals surface area contributed by atoms with Crippen molar-refractivity contribution in [2.75, 3.05) is 18.8 Å². The minimum absolute atomic E-state index is 0.256. The van der Waals surface area contributed by atoms with Gasteiger partial charge in [0.1, 0.15) is 11.9 Å². The van der Waals surface area contributed by atoms with Crippen LogP contribution in [0.15, 0.2) is 55.2 Å². The number of piperidine rings is 1. The maximum atomic E-state index is 14.1. The van der Waals surface area contributed by atoms with Gasteiger partial charge in [-0.05, 0) is 57.1 Å². The largest absolute Gasteiger partial charge is 0.482 e. The van der Waals surface area contributed by atoms with Crippen molar-refractivity contribution in [2.45, 2.75) is 31.9 Å². The molecular weight excluding hydrogens is 423 g/mol. The molecule has 3 N–H and O–H groups in total. The van der Waals surface area contributed by atoms with E-state index < -0.39 is 6.10 Å². The molecule has 1 atom stereocenters. The van der Waals surface area contributed by atoms with Crippen LogP contribution in [-0.2, 0) is 0 Å². The predicted octanol–water partition coefficient (Wildman–Crippen LogP) is 3.31. The van der Waals surface area contributed by atoms with Gasteiger partial charge in [0.2, 0.25) is 0 Å². The number of halogens is 1. The summed E-state index contributed by atoms with van der Waals surface area (Å²) in [5.74, 6) is 0.297. The van der Waals surface area contributed by atoms with Crippen LogP contribution >= 0.6 is 0 Å². The summed E-state index contributed by atoms with van der Waals surface area (Å²) >= 11 is 0. The molecule has 0 aliphatic carbocycles. The summed E-state index contributed by atoms with van der Waals surface area (Å²) in [6.07, 6.45) is 10.3. The molecule has 3 aromatic heterocycles. The highest BCUT2D eigenvalue weighted by atomic mass is 19.1. The van der Waals surface area contributed by atoms with Crippen LogP contribution in [-0.4, -0.2) is 42.8 Å². The summed E-state index contributed by atoms with van der Waals surface area (Å²) in [5, 5.41) is 16.2. The molecule has 1 fully saturated rings. The fraction of sp³-hybridized carbons (Fsp3) is 0.304. The van der Waals surface area contributed by atoms with E-state index in [0.717, 1.165) is 37.1 Å². The number of aromatic nitrogens is 6. The molecular formula is C23H25FN8O. The van der Waals surface area contributed by atoms with Crippen molar-refractivity contribution in [2.24, 2.45) is 0 Å². The monoisotopic (exact) mass is 448 g/mol. The predicted molar refractivity (Wildman–Crippen MR) is 121 cm³/mol. The average Bonchev–Trinajstić information content (AvgIpc) is 3.54. The third kappa shape index (κ3) is 4.42. The van der Waals surface area contributed by atoms with E-state index in [1.807, 2.05) is 30.1 Å². The quantitative estimate of drug-likeness (QED) is 0.466. The molecule has 4 aromatic rings. The molecule has 5 rings (SSSR count). The Labute approximate surface area is 190 Å². The molecule has 4 heterocycles. The SMILES string of the molecule is C[C@@H](Oc1cc(-c2cnn(C3CCNCC3)c2)cnc1N)c1cc(F)ccc1-n1nccn1. The van der Waals surface area contributed by atoms with E-state index in [9.17, 15) is 4.39 Å². The Kier molecular flexibility index (Phi) is 5.74. The zero-order valence-corrected chi connectivity index (χ0v) is 18.2. The lowest BCUT2D eigenvalue weighted by Gasteiger charge is -2.22. The number of nitrogens with one attached hydrogen (secondary N) is 1. The summed E-state index contributed by atoms with van der Waals surface area (Å²) in [6, 6.07) is 6.64. The maximum absolute atomic E-state index is 14.1. The molecule has 9 nitrogen and oxygen atoms in total. The molecule has 0 radical (unpaired) electrons. The normalized spacial score (nSPS) is 15.5. The van der Waals surface area contributed by atoms with Crippen molar-refractivity contribution in [1.82, 2.24) is 35.1 Å². The minimum atomic E-state index is -0.529. The maximum Gasteiger partial charge on any atom is 0.166 e. The lowest BCUT2D eigenvalue weighted by molar-refractivity contribution is 0.226. The summed E-state index contributed by atoms with van der Waals surface area (Å²) in [7, 11) is 0. The first-order valence-electron chi connectivity index (χ1n) is 10.9. The summed E-state index contributed by atoms with van der Waals surface area (Å²) in [6.45, 7) is 3.81. The topological polar surface area (TPSA) is 109 Å². The van der Waals surface area contributed by atoms with Crippen molar-refractivity contribution >= 4 is 5.82 Å². The molecule has 0 saturated carbocycles. The van der Waals surface area contributed by atoms with Gasteiger partial charge in [-0.1, -0.05) is 0 Å². The number of ether oxygens (including phenoxy) is 1. The van der Waals surface area contributed by atoms with Gasteiger partial charge < -0.3 is 15.8 Å². The van der Waals surface area contributed by atoms with Gasteiger partial charge in [-0.15, -0.1) is 0 Å². The van der Waals surface area contributed by atoms with E-state index in [0.29, 0.717) is 23.0 Å². The second-order valence-electron chi connectivity index (χ2n) is 8.08. The number of nitrogen functional groups attached to an aromatic ring is 1. The Morgan fingerprint density at radius 1 is 1.09 bits per heavy atom. The van der Waals surface area contributed by atoms with Crippen molar-refractivity contribution in [1.29, 1.82) is 0 Å². The molecule has 0 spiro atoms.